The van der Waals surface area contributed by atoms with Crippen LogP contribution < -0.4 is 10.1 Å². The molecule has 0 bridgehead atoms. The van der Waals surface area contributed by atoms with Crippen molar-refractivity contribution in [3.05, 3.63) is 45.9 Å². The van der Waals surface area contributed by atoms with Gasteiger partial charge in [-0.3, -0.25) is 0 Å². The quantitative estimate of drug-likeness (QED) is 0.846. The molecule has 0 atom stereocenters. The van der Waals surface area contributed by atoms with E-state index in [1.54, 1.807) is 11.3 Å². The fourth-order valence-electron chi connectivity index (χ4n) is 2.03. The lowest BCUT2D eigenvalue weighted by atomic mass is 10.2. The van der Waals surface area contributed by atoms with Gasteiger partial charge in [0.1, 0.15) is 12.4 Å². The number of thiazole rings is 1. The third kappa shape index (κ3) is 3.81. The predicted molar refractivity (Wildman–Crippen MR) is 82.1 cm³/mol. The average molecular weight is 288 g/mol. The molecule has 1 aliphatic rings. The van der Waals surface area contributed by atoms with Crippen LogP contribution in [0, 0.1) is 0 Å². The van der Waals surface area contributed by atoms with Gasteiger partial charge in [0.2, 0.25) is 0 Å². The van der Waals surface area contributed by atoms with Crippen LogP contribution >= 0.6 is 11.3 Å². The van der Waals surface area contributed by atoms with Crippen LogP contribution in [0.15, 0.2) is 29.6 Å². The lowest BCUT2D eigenvalue weighted by Crippen LogP contribution is -2.15. The smallest absolute Gasteiger partial charge is 0.131 e. The maximum atomic E-state index is 5.83. The fourth-order valence-corrected chi connectivity index (χ4v) is 2.76. The summed E-state index contributed by atoms with van der Waals surface area (Å²) in [5, 5.41) is 6.77. The van der Waals surface area contributed by atoms with Crippen molar-refractivity contribution in [2.75, 3.05) is 0 Å². The molecular formula is C16H20N2OS. The number of nitrogens with one attached hydrogen (secondary N) is 1. The summed E-state index contributed by atoms with van der Waals surface area (Å²) in [6.07, 6.45) is 3.63. The third-order valence-electron chi connectivity index (χ3n) is 3.36. The number of hydrogen-bond acceptors (Lipinski definition) is 4. The van der Waals surface area contributed by atoms with Crippen molar-refractivity contribution in [3.63, 3.8) is 0 Å². The van der Waals surface area contributed by atoms with Crippen LogP contribution in [-0.2, 0) is 19.6 Å². The van der Waals surface area contributed by atoms with Gasteiger partial charge in [0.25, 0.3) is 0 Å². The molecule has 1 N–H and O–H groups in total. The van der Waals surface area contributed by atoms with Crippen LogP contribution in [0.3, 0.4) is 0 Å². The number of rotatable bonds is 7. The number of benzene rings is 1. The van der Waals surface area contributed by atoms with Crippen LogP contribution in [0.4, 0.5) is 0 Å². The monoisotopic (exact) mass is 288 g/mol. The Kier molecular flexibility index (Phi) is 4.33. The molecule has 4 heteroatoms. The molecular weight excluding hydrogens is 268 g/mol. The normalized spacial score (nSPS) is 14.4. The zero-order valence-electron chi connectivity index (χ0n) is 11.8. The minimum Gasteiger partial charge on any atom is -0.487 e. The molecule has 2 aromatic rings. The van der Waals surface area contributed by atoms with E-state index in [0.717, 1.165) is 30.5 Å². The van der Waals surface area contributed by atoms with Crippen molar-refractivity contribution in [1.29, 1.82) is 0 Å². The molecule has 1 fully saturated rings. The molecule has 0 spiro atoms. The molecule has 0 aliphatic heterocycles. The van der Waals surface area contributed by atoms with Crippen LogP contribution in [0.1, 0.15) is 36.0 Å². The van der Waals surface area contributed by atoms with E-state index in [1.165, 1.54) is 23.4 Å². The lowest BCUT2D eigenvalue weighted by molar-refractivity contribution is 0.301. The van der Waals surface area contributed by atoms with E-state index in [9.17, 15) is 0 Å². The number of hydrogen-bond donors (Lipinski definition) is 1. The second-order valence-corrected chi connectivity index (χ2v) is 6.12. The van der Waals surface area contributed by atoms with E-state index < -0.39 is 0 Å². The summed E-state index contributed by atoms with van der Waals surface area (Å²) in [4.78, 5) is 4.52. The van der Waals surface area contributed by atoms with Gasteiger partial charge in [-0.05, 0) is 37.0 Å². The van der Waals surface area contributed by atoms with Gasteiger partial charge >= 0.3 is 0 Å². The Morgan fingerprint density at radius 1 is 1.40 bits per heavy atom. The summed E-state index contributed by atoms with van der Waals surface area (Å²) in [7, 11) is 0. The molecule has 0 radical (unpaired) electrons. The van der Waals surface area contributed by atoms with Crippen molar-refractivity contribution in [1.82, 2.24) is 10.3 Å². The first-order valence-electron chi connectivity index (χ1n) is 7.22. The van der Waals surface area contributed by atoms with E-state index in [-0.39, 0.29) is 0 Å². The Labute approximate surface area is 124 Å². The highest BCUT2D eigenvalue weighted by atomic mass is 32.1. The van der Waals surface area contributed by atoms with Crippen LogP contribution in [-0.4, -0.2) is 11.0 Å². The third-order valence-corrected chi connectivity index (χ3v) is 4.40. The summed E-state index contributed by atoms with van der Waals surface area (Å²) in [5.74, 6) is 0.922. The van der Waals surface area contributed by atoms with E-state index >= 15 is 0 Å². The number of aromatic nitrogens is 1. The fraction of sp³-hybridized carbons (Fsp3) is 0.438. The van der Waals surface area contributed by atoms with Gasteiger partial charge in [-0.15, -0.1) is 11.3 Å². The van der Waals surface area contributed by atoms with Crippen LogP contribution in [0.2, 0.25) is 0 Å². The highest BCUT2D eigenvalue weighted by Gasteiger charge is 2.19. The zero-order valence-corrected chi connectivity index (χ0v) is 12.6. The molecule has 1 aromatic heterocycles. The van der Waals surface area contributed by atoms with Gasteiger partial charge < -0.3 is 10.1 Å². The molecule has 3 nitrogen and oxygen atoms in total. The summed E-state index contributed by atoms with van der Waals surface area (Å²) >= 11 is 1.70. The number of aryl methyl sites for hydroxylation is 1. The maximum Gasteiger partial charge on any atom is 0.131 e. The van der Waals surface area contributed by atoms with Gasteiger partial charge in [-0.2, -0.15) is 0 Å². The minimum absolute atomic E-state index is 0.552. The predicted octanol–water partition coefficient (Wildman–Crippen LogP) is 3.54. The minimum atomic E-state index is 0.552. The second kappa shape index (κ2) is 6.37. The van der Waals surface area contributed by atoms with Gasteiger partial charge in [-0.25, -0.2) is 4.98 Å². The topological polar surface area (TPSA) is 34.1 Å². The SMILES string of the molecule is CCc1nc(COc2cccc(CNC3CC3)c2)cs1. The average Bonchev–Trinajstić information content (AvgIpc) is 3.20. The highest BCUT2D eigenvalue weighted by Crippen LogP contribution is 2.21. The van der Waals surface area contributed by atoms with E-state index in [4.69, 9.17) is 4.74 Å². The largest absolute Gasteiger partial charge is 0.487 e. The molecule has 1 aromatic carbocycles. The Morgan fingerprint density at radius 2 is 2.30 bits per heavy atom. The molecule has 20 heavy (non-hydrogen) atoms. The van der Waals surface area contributed by atoms with E-state index in [0.29, 0.717) is 6.61 Å². The molecule has 0 unspecified atom stereocenters. The Hall–Kier alpha value is -1.39. The Bertz CT molecular complexity index is 563. The summed E-state index contributed by atoms with van der Waals surface area (Å²) in [6, 6.07) is 9.05. The van der Waals surface area contributed by atoms with Gasteiger partial charge in [0, 0.05) is 18.0 Å². The van der Waals surface area contributed by atoms with E-state index in [2.05, 4.69) is 40.8 Å². The van der Waals surface area contributed by atoms with Crippen LogP contribution in [0.25, 0.3) is 0 Å². The van der Waals surface area contributed by atoms with Gasteiger partial charge in [0.05, 0.1) is 10.7 Å². The van der Waals surface area contributed by atoms with Crippen molar-refractivity contribution >= 4 is 11.3 Å². The molecule has 1 heterocycles. The molecule has 3 rings (SSSR count). The Balaban J connectivity index is 1.54. The molecule has 1 aliphatic carbocycles. The number of nitrogens with zero attached hydrogens (tertiary/aromatic N) is 1. The molecule has 106 valence electrons. The van der Waals surface area contributed by atoms with Gasteiger partial charge in [0.15, 0.2) is 0 Å². The maximum absolute atomic E-state index is 5.83. The molecule has 1 saturated carbocycles. The standard InChI is InChI=1S/C16H20N2OS/c1-2-16-18-14(11-20-16)10-19-15-5-3-4-12(8-15)9-17-13-6-7-13/h3-5,8,11,13,17H,2,6-7,9-10H2,1H3. The van der Waals surface area contributed by atoms with Crippen molar-refractivity contribution in [3.8, 4) is 5.75 Å². The van der Waals surface area contributed by atoms with E-state index in [1.807, 2.05) is 6.07 Å². The van der Waals surface area contributed by atoms with Crippen LogP contribution in [0.5, 0.6) is 5.75 Å². The van der Waals surface area contributed by atoms with Crippen molar-refractivity contribution in [2.45, 2.75) is 45.4 Å². The summed E-state index contributed by atoms with van der Waals surface area (Å²) < 4.78 is 5.83. The Morgan fingerprint density at radius 3 is 3.05 bits per heavy atom. The second-order valence-electron chi connectivity index (χ2n) is 5.18. The van der Waals surface area contributed by atoms with Gasteiger partial charge in [-0.1, -0.05) is 19.1 Å². The molecule has 0 saturated heterocycles. The number of ether oxygens (including phenoxy) is 1. The first-order valence-corrected chi connectivity index (χ1v) is 8.10. The zero-order chi connectivity index (χ0) is 13.8. The molecule has 0 amide bonds. The highest BCUT2D eigenvalue weighted by molar-refractivity contribution is 7.09. The summed E-state index contributed by atoms with van der Waals surface area (Å²) in [5.41, 5.74) is 2.30. The van der Waals surface area contributed by atoms with Crippen molar-refractivity contribution in [2.24, 2.45) is 0 Å². The summed E-state index contributed by atoms with van der Waals surface area (Å²) in [6.45, 7) is 3.61. The first kappa shape index (κ1) is 13.6. The van der Waals surface area contributed by atoms with Crippen molar-refractivity contribution < 1.29 is 4.74 Å². The first-order chi connectivity index (χ1) is 9.83. The lowest BCUT2D eigenvalue weighted by Gasteiger charge is -2.07.